The van der Waals surface area contributed by atoms with E-state index < -0.39 is 0 Å². The predicted octanol–water partition coefficient (Wildman–Crippen LogP) is 4.37. The highest BCUT2D eigenvalue weighted by molar-refractivity contribution is 9.10. The summed E-state index contributed by atoms with van der Waals surface area (Å²) in [4.78, 5) is 0. The molecule has 1 aromatic rings. The molecule has 1 atom stereocenters. The fourth-order valence-corrected chi connectivity index (χ4v) is 3.08. The van der Waals surface area contributed by atoms with E-state index in [-0.39, 0.29) is 11.6 Å². The Morgan fingerprint density at radius 1 is 1.41 bits per heavy atom. The van der Waals surface area contributed by atoms with Crippen molar-refractivity contribution >= 4 is 27.3 Å². The summed E-state index contributed by atoms with van der Waals surface area (Å²) in [5, 5.41) is 7.84. The lowest BCUT2D eigenvalue weighted by Gasteiger charge is -2.25. The van der Waals surface area contributed by atoms with Crippen LogP contribution in [0.3, 0.4) is 0 Å². The number of nitrogens with one attached hydrogen (secondary N) is 1. The maximum absolute atomic E-state index is 5.89. The molecular weight excluding hydrogens is 298 g/mol. The molecule has 98 valence electrons. The van der Waals surface area contributed by atoms with Crippen molar-refractivity contribution in [2.45, 2.75) is 45.8 Å². The average Bonchev–Trinajstić information content (AvgIpc) is 2.63. The zero-order valence-electron chi connectivity index (χ0n) is 11.0. The summed E-state index contributed by atoms with van der Waals surface area (Å²) in [6, 6.07) is 0.273. The lowest BCUT2D eigenvalue weighted by atomic mass is 10.1. The summed E-state index contributed by atoms with van der Waals surface area (Å²) >= 11 is 5.31. The van der Waals surface area contributed by atoms with Crippen molar-refractivity contribution in [2.75, 3.05) is 13.2 Å². The van der Waals surface area contributed by atoms with Crippen molar-refractivity contribution < 1.29 is 4.74 Å². The number of thiophene rings is 1. The van der Waals surface area contributed by atoms with Crippen LogP contribution in [0.5, 0.6) is 0 Å². The van der Waals surface area contributed by atoms with Gasteiger partial charge < -0.3 is 10.1 Å². The summed E-state index contributed by atoms with van der Waals surface area (Å²) in [6.07, 6.45) is 1.13. The first-order chi connectivity index (χ1) is 7.94. The summed E-state index contributed by atoms with van der Waals surface area (Å²) in [6.45, 7) is 10.2. The number of rotatable bonds is 6. The van der Waals surface area contributed by atoms with Gasteiger partial charge in [-0.25, -0.2) is 0 Å². The van der Waals surface area contributed by atoms with Gasteiger partial charge in [-0.05, 0) is 60.6 Å². The molecule has 1 heterocycles. The molecule has 0 saturated carbocycles. The summed E-state index contributed by atoms with van der Waals surface area (Å²) in [5.41, 5.74) is 1.21. The van der Waals surface area contributed by atoms with Crippen molar-refractivity contribution in [1.29, 1.82) is 0 Å². The Balaban J connectivity index is 2.64. The van der Waals surface area contributed by atoms with E-state index in [9.17, 15) is 0 Å². The van der Waals surface area contributed by atoms with E-state index in [1.807, 2.05) is 0 Å². The highest BCUT2D eigenvalue weighted by atomic mass is 79.9. The van der Waals surface area contributed by atoms with E-state index >= 15 is 0 Å². The zero-order chi connectivity index (χ0) is 12.9. The lowest BCUT2D eigenvalue weighted by molar-refractivity contribution is -0.0148. The first-order valence-electron chi connectivity index (χ1n) is 6.03. The third-order valence-corrected chi connectivity index (χ3v) is 4.09. The quantitative estimate of drug-likeness (QED) is 0.840. The molecule has 0 amide bonds. The molecule has 0 bridgehead atoms. The molecule has 0 aliphatic rings. The predicted molar refractivity (Wildman–Crippen MR) is 78.8 cm³/mol. The van der Waals surface area contributed by atoms with E-state index in [4.69, 9.17) is 4.74 Å². The van der Waals surface area contributed by atoms with Gasteiger partial charge in [-0.15, -0.1) is 0 Å². The number of hydrogen-bond acceptors (Lipinski definition) is 3. The molecule has 0 radical (unpaired) electrons. The molecule has 1 rings (SSSR count). The summed E-state index contributed by atoms with van der Waals surface area (Å²) in [5.74, 6) is 0. The molecule has 0 aliphatic carbocycles. The van der Waals surface area contributed by atoms with Gasteiger partial charge in [-0.2, -0.15) is 11.3 Å². The molecular formula is C13H22BrNOS. The Bertz CT molecular complexity index is 332. The first kappa shape index (κ1) is 15.2. The monoisotopic (exact) mass is 319 g/mol. The molecule has 0 aliphatic heterocycles. The Labute approximate surface area is 117 Å². The fourth-order valence-electron chi connectivity index (χ4n) is 1.45. The molecule has 2 nitrogen and oxygen atoms in total. The largest absolute Gasteiger partial charge is 0.374 e. The van der Waals surface area contributed by atoms with E-state index in [2.05, 4.69) is 59.7 Å². The van der Waals surface area contributed by atoms with Crippen LogP contribution in [0.1, 0.15) is 45.7 Å². The zero-order valence-corrected chi connectivity index (χ0v) is 13.5. The number of hydrogen-bond donors (Lipinski definition) is 1. The molecule has 0 fully saturated rings. The number of halogens is 1. The van der Waals surface area contributed by atoms with Crippen LogP contribution in [0.15, 0.2) is 15.2 Å². The summed E-state index contributed by atoms with van der Waals surface area (Å²) in [7, 11) is 0. The van der Waals surface area contributed by atoms with E-state index in [1.54, 1.807) is 11.3 Å². The standard InChI is InChI=1S/C13H22BrNOS/c1-5-6-15-12(7-16-13(2,3)4)10-8-17-9-11(10)14/h8-9,12,15H,5-7H2,1-4H3. The van der Waals surface area contributed by atoms with Crippen LogP contribution in [0, 0.1) is 0 Å². The third kappa shape index (κ3) is 5.51. The van der Waals surface area contributed by atoms with E-state index in [1.165, 1.54) is 10.0 Å². The van der Waals surface area contributed by atoms with Crippen molar-refractivity contribution in [1.82, 2.24) is 5.32 Å². The molecule has 1 unspecified atom stereocenters. The highest BCUT2D eigenvalue weighted by Crippen LogP contribution is 2.28. The second-order valence-electron chi connectivity index (χ2n) is 5.11. The van der Waals surface area contributed by atoms with Gasteiger partial charge in [0.1, 0.15) is 0 Å². The van der Waals surface area contributed by atoms with E-state index in [0.29, 0.717) is 6.61 Å². The first-order valence-corrected chi connectivity index (χ1v) is 7.76. The third-order valence-electron chi connectivity index (χ3n) is 2.34. The molecule has 0 spiro atoms. The van der Waals surface area contributed by atoms with Crippen LogP contribution in [0.2, 0.25) is 0 Å². The molecule has 1 N–H and O–H groups in total. The second-order valence-corrected chi connectivity index (χ2v) is 6.70. The van der Waals surface area contributed by atoms with Crippen LogP contribution >= 0.6 is 27.3 Å². The van der Waals surface area contributed by atoms with Gasteiger partial charge in [-0.3, -0.25) is 0 Å². The van der Waals surface area contributed by atoms with Crippen LogP contribution in [0.4, 0.5) is 0 Å². The van der Waals surface area contributed by atoms with Gasteiger partial charge in [-0.1, -0.05) is 6.92 Å². The Hall–Kier alpha value is 0.100. The van der Waals surface area contributed by atoms with Crippen molar-refractivity contribution in [3.8, 4) is 0 Å². The highest BCUT2D eigenvalue weighted by Gasteiger charge is 2.18. The van der Waals surface area contributed by atoms with Crippen molar-refractivity contribution in [2.24, 2.45) is 0 Å². The molecule has 17 heavy (non-hydrogen) atoms. The Morgan fingerprint density at radius 3 is 2.59 bits per heavy atom. The minimum atomic E-state index is -0.0886. The van der Waals surface area contributed by atoms with Crippen LogP contribution in [0.25, 0.3) is 0 Å². The van der Waals surface area contributed by atoms with Gasteiger partial charge in [0.15, 0.2) is 0 Å². The Kier molecular flexibility index (Phi) is 6.13. The molecule has 1 aromatic heterocycles. The van der Waals surface area contributed by atoms with Gasteiger partial charge in [0.05, 0.1) is 18.2 Å². The lowest BCUT2D eigenvalue weighted by Crippen LogP contribution is -2.30. The van der Waals surface area contributed by atoms with Gasteiger partial charge >= 0.3 is 0 Å². The minimum Gasteiger partial charge on any atom is -0.374 e. The maximum atomic E-state index is 5.89. The van der Waals surface area contributed by atoms with Crippen molar-refractivity contribution in [3.63, 3.8) is 0 Å². The SMILES string of the molecule is CCCNC(COC(C)(C)C)c1cscc1Br. The van der Waals surface area contributed by atoms with Gasteiger partial charge in [0.2, 0.25) is 0 Å². The topological polar surface area (TPSA) is 21.3 Å². The van der Waals surface area contributed by atoms with Gasteiger partial charge in [0, 0.05) is 9.85 Å². The fraction of sp³-hybridized carbons (Fsp3) is 0.692. The van der Waals surface area contributed by atoms with Crippen LogP contribution in [-0.4, -0.2) is 18.8 Å². The normalized spacial score (nSPS) is 13.9. The van der Waals surface area contributed by atoms with Crippen molar-refractivity contribution in [3.05, 3.63) is 20.8 Å². The molecule has 4 heteroatoms. The van der Waals surface area contributed by atoms with Crippen LogP contribution < -0.4 is 5.32 Å². The van der Waals surface area contributed by atoms with E-state index in [0.717, 1.165) is 13.0 Å². The average molecular weight is 320 g/mol. The number of ether oxygens (including phenoxy) is 1. The summed E-state index contributed by atoms with van der Waals surface area (Å²) < 4.78 is 7.06. The van der Waals surface area contributed by atoms with Crippen LogP contribution in [-0.2, 0) is 4.74 Å². The molecule has 0 aromatic carbocycles. The maximum Gasteiger partial charge on any atom is 0.0669 e. The Morgan fingerprint density at radius 2 is 2.12 bits per heavy atom. The smallest absolute Gasteiger partial charge is 0.0669 e. The molecule has 0 saturated heterocycles. The van der Waals surface area contributed by atoms with Gasteiger partial charge in [0.25, 0.3) is 0 Å². The minimum absolute atomic E-state index is 0.0886. The second kappa shape index (κ2) is 6.88.